The standard InChI is InChI=1S/C7H14N2O2S2/c1-6(12-3)5-9-13(10,11)7(2)4-8/h6-7,9H,5H2,1-3H3. The van der Waals surface area contributed by atoms with Crippen LogP contribution in [0.25, 0.3) is 0 Å². The lowest BCUT2D eigenvalue weighted by Crippen LogP contribution is -2.35. The summed E-state index contributed by atoms with van der Waals surface area (Å²) in [5.41, 5.74) is 0. The van der Waals surface area contributed by atoms with E-state index in [9.17, 15) is 8.42 Å². The van der Waals surface area contributed by atoms with Gasteiger partial charge in [-0.2, -0.15) is 17.0 Å². The summed E-state index contributed by atoms with van der Waals surface area (Å²) in [7, 11) is -3.44. The Kier molecular flexibility index (Phi) is 5.37. The molecule has 0 aliphatic heterocycles. The Bertz CT molecular complexity index is 281. The monoisotopic (exact) mass is 222 g/mol. The van der Waals surface area contributed by atoms with E-state index in [1.165, 1.54) is 6.92 Å². The molecule has 0 heterocycles. The van der Waals surface area contributed by atoms with E-state index in [2.05, 4.69) is 4.72 Å². The summed E-state index contributed by atoms with van der Waals surface area (Å²) in [5, 5.41) is 7.66. The van der Waals surface area contributed by atoms with Gasteiger partial charge in [0.1, 0.15) is 0 Å². The van der Waals surface area contributed by atoms with E-state index in [0.29, 0.717) is 6.54 Å². The molecule has 0 rings (SSSR count). The predicted molar refractivity (Wildman–Crippen MR) is 55.0 cm³/mol. The molecule has 2 atom stereocenters. The smallest absolute Gasteiger partial charge is 0.213 e. The Hall–Kier alpha value is -0.250. The van der Waals surface area contributed by atoms with Gasteiger partial charge in [0.2, 0.25) is 10.0 Å². The van der Waals surface area contributed by atoms with Gasteiger partial charge in [-0.05, 0) is 13.2 Å². The summed E-state index contributed by atoms with van der Waals surface area (Å²) in [6.07, 6.45) is 1.91. The minimum Gasteiger partial charge on any atom is -0.213 e. The van der Waals surface area contributed by atoms with Crippen LogP contribution in [0, 0.1) is 11.3 Å². The first-order valence-electron chi connectivity index (χ1n) is 3.85. The van der Waals surface area contributed by atoms with Crippen molar-refractivity contribution in [1.82, 2.24) is 4.72 Å². The van der Waals surface area contributed by atoms with Crippen LogP contribution in [0.2, 0.25) is 0 Å². The number of rotatable bonds is 5. The highest BCUT2D eigenvalue weighted by Crippen LogP contribution is 2.04. The van der Waals surface area contributed by atoms with E-state index in [-0.39, 0.29) is 5.25 Å². The van der Waals surface area contributed by atoms with Crippen molar-refractivity contribution in [3.8, 4) is 6.07 Å². The van der Waals surface area contributed by atoms with Gasteiger partial charge in [0, 0.05) is 11.8 Å². The predicted octanol–water partition coefficient (Wildman–Crippen LogP) is 0.569. The van der Waals surface area contributed by atoms with Gasteiger partial charge in [-0.1, -0.05) is 6.92 Å². The second-order valence-electron chi connectivity index (χ2n) is 2.71. The Labute approximate surface area is 83.8 Å². The van der Waals surface area contributed by atoms with Crippen molar-refractivity contribution in [2.75, 3.05) is 12.8 Å². The minimum absolute atomic E-state index is 0.223. The maximum absolute atomic E-state index is 11.2. The molecule has 0 bridgehead atoms. The second-order valence-corrected chi connectivity index (χ2v) is 6.07. The van der Waals surface area contributed by atoms with E-state index >= 15 is 0 Å². The Morgan fingerprint density at radius 2 is 2.08 bits per heavy atom. The molecule has 0 aromatic rings. The van der Waals surface area contributed by atoms with Gasteiger partial charge in [0.05, 0.1) is 6.07 Å². The van der Waals surface area contributed by atoms with E-state index in [1.54, 1.807) is 17.8 Å². The third-order valence-corrected chi connectivity index (χ3v) is 4.20. The Morgan fingerprint density at radius 3 is 2.46 bits per heavy atom. The average molecular weight is 222 g/mol. The van der Waals surface area contributed by atoms with Crippen molar-refractivity contribution in [3.05, 3.63) is 0 Å². The van der Waals surface area contributed by atoms with Crippen LogP contribution in [-0.2, 0) is 10.0 Å². The molecular weight excluding hydrogens is 208 g/mol. The molecule has 76 valence electrons. The number of sulfonamides is 1. The van der Waals surface area contributed by atoms with Crippen LogP contribution in [0.4, 0.5) is 0 Å². The van der Waals surface area contributed by atoms with Crippen LogP contribution < -0.4 is 4.72 Å². The van der Waals surface area contributed by atoms with Gasteiger partial charge in [-0.3, -0.25) is 0 Å². The molecule has 0 fully saturated rings. The van der Waals surface area contributed by atoms with Crippen LogP contribution in [0.1, 0.15) is 13.8 Å². The molecule has 0 radical (unpaired) electrons. The minimum atomic E-state index is -3.44. The zero-order chi connectivity index (χ0) is 10.5. The summed E-state index contributed by atoms with van der Waals surface area (Å²) < 4.78 is 24.9. The van der Waals surface area contributed by atoms with Crippen molar-refractivity contribution in [1.29, 1.82) is 5.26 Å². The molecule has 1 N–H and O–H groups in total. The van der Waals surface area contributed by atoms with E-state index in [0.717, 1.165) is 0 Å². The number of nitriles is 1. The fourth-order valence-electron chi connectivity index (χ4n) is 0.511. The molecule has 2 unspecified atom stereocenters. The summed E-state index contributed by atoms with van der Waals surface area (Å²) >= 11 is 1.57. The Balaban J connectivity index is 4.14. The molecule has 0 aliphatic carbocycles. The first-order valence-corrected chi connectivity index (χ1v) is 6.68. The SMILES string of the molecule is CSC(C)CNS(=O)(=O)C(C)C#N. The largest absolute Gasteiger partial charge is 0.227 e. The number of nitrogens with zero attached hydrogens (tertiary/aromatic N) is 1. The molecule has 0 aromatic heterocycles. The summed E-state index contributed by atoms with van der Waals surface area (Å²) in [6, 6.07) is 1.69. The average Bonchev–Trinajstić information content (AvgIpc) is 2.12. The Morgan fingerprint density at radius 1 is 1.54 bits per heavy atom. The van der Waals surface area contributed by atoms with Crippen LogP contribution in [0.5, 0.6) is 0 Å². The highest BCUT2D eigenvalue weighted by molar-refractivity contribution is 7.99. The molecule has 0 saturated carbocycles. The molecule has 13 heavy (non-hydrogen) atoms. The van der Waals surface area contributed by atoms with Crippen LogP contribution in [0.3, 0.4) is 0 Å². The molecular formula is C7H14N2O2S2. The van der Waals surface area contributed by atoms with Gasteiger partial charge in [0.25, 0.3) is 0 Å². The fraction of sp³-hybridized carbons (Fsp3) is 0.857. The number of nitrogens with one attached hydrogen (secondary N) is 1. The molecule has 0 spiro atoms. The molecule has 4 nitrogen and oxygen atoms in total. The summed E-state index contributed by atoms with van der Waals surface area (Å²) in [5.74, 6) is 0. The number of hydrogen-bond acceptors (Lipinski definition) is 4. The van der Waals surface area contributed by atoms with Crippen molar-refractivity contribution in [2.45, 2.75) is 24.3 Å². The fourth-order valence-corrected chi connectivity index (χ4v) is 1.74. The topological polar surface area (TPSA) is 70.0 Å². The van der Waals surface area contributed by atoms with Crippen LogP contribution in [-0.4, -0.2) is 31.7 Å². The van der Waals surface area contributed by atoms with Gasteiger partial charge in [-0.15, -0.1) is 0 Å². The lowest BCUT2D eigenvalue weighted by Gasteiger charge is -2.11. The highest BCUT2D eigenvalue weighted by atomic mass is 32.2. The van der Waals surface area contributed by atoms with Crippen LogP contribution >= 0.6 is 11.8 Å². The molecule has 0 aromatic carbocycles. The molecule has 0 amide bonds. The first kappa shape index (κ1) is 12.8. The van der Waals surface area contributed by atoms with Crippen molar-refractivity contribution in [3.63, 3.8) is 0 Å². The first-order chi connectivity index (χ1) is 5.94. The van der Waals surface area contributed by atoms with Crippen LogP contribution in [0.15, 0.2) is 0 Å². The zero-order valence-corrected chi connectivity index (χ0v) is 9.58. The lowest BCUT2D eigenvalue weighted by atomic mass is 10.5. The van der Waals surface area contributed by atoms with Gasteiger partial charge in [-0.25, -0.2) is 13.1 Å². The van der Waals surface area contributed by atoms with E-state index in [4.69, 9.17) is 5.26 Å². The zero-order valence-electron chi connectivity index (χ0n) is 7.94. The third-order valence-electron chi connectivity index (χ3n) is 1.62. The normalized spacial score (nSPS) is 16.2. The van der Waals surface area contributed by atoms with Crippen molar-refractivity contribution >= 4 is 21.8 Å². The molecule has 0 saturated heterocycles. The van der Waals surface area contributed by atoms with E-state index < -0.39 is 15.3 Å². The van der Waals surface area contributed by atoms with Gasteiger partial charge in [0.15, 0.2) is 5.25 Å². The van der Waals surface area contributed by atoms with Crippen molar-refractivity contribution in [2.24, 2.45) is 0 Å². The second kappa shape index (κ2) is 5.47. The molecule has 0 aliphatic rings. The lowest BCUT2D eigenvalue weighted by molar-refractivity contribution is 0.577. The van der Waals surface area contributed by atoms with Crippen molar-refractivity contribution < 1.29 is 8.42 Å². The van der Waals surface area contributed by atoms with E-state index in [1.807, 2.05) is 13.2 Å². The van der Waals surface area contributed by atoms with Gasteiger partial charge >= 0.3 is 0 Å². The summed E-state index contributed by atoms with van der Waals surface area (Å²) in [6.45, 7) is 3.66. The number of thioether (sulfide) groups is 1. The maximum atomic E-state index is 11.2. The highest BCUT2D eigenvalue weighted by Gasteiger charge is 2.19. The van der Waals surface area contributed by atoms with Gasteiger partial charge < -0.3 is 0 Å². The third kappa shape index (κ3) is 4.50. The number of hydrogen-bond donors (Lipinski definition) is 1. The quantitative estimate of drug-likeness (QED) is 0.738. The molecule has 6 heteroatoms. The summed E-state index contributed by atoms with van der Waals surface area (Å²) in [4.78, 5) is 0. The maximum Gasteiger partial charge on any atom is 0.227 e.